The largest absolute Gasteiger partial charge is 0.496 e. The average molecular weight is 306 g/mol. The molecule has 0 unspecified atom stereocenters. The normalized spacial score (nSPS) is 10.1. The third-order valence-corrected chi connectivity index (χ3v) is 2.91. The number of hydrogen-bond acceptors (Lipinski definition) is 4. The van der Waals surface area contributed by atoms with Gasteiger partial charge in [0, 0.05) is 17.7 Å². The number of carbonyl (C=O) groups is 1. The van der Waals surface area contributed by atoms with E-state index in [1.165, 1.54) is 43.5 Å². The molecule has 114 valence electrons. The van der Waals surface area contributed by atoms with Crippen molar-refractivity contribution >= 4 is 17.5 Å². The van der Waals surface area contributed by atoms with E-state index in [0.717, 1.165) is 0 Å². The third-order valence-electron chi connectivity index (χ3n) is 2.91. The number of carboxylic acid groups (broad SMARTS) is 1. The molecule has 0 radical (unpaired) electrons. The van der Waals surface area contributed by atoms with Crippen molar-refractivity contribution in [1.29, 1.82) is 0 Å². The average Bonchev–Trinajstić information content (AvgIpc) is 2.47. The number of rotatable bonds is 4. The van der Waals surface area contributed by atoms with Crippen LogP contribution in [0.25, 0.3) is 11.1 Å². The Morgan fingerprint density at radius 1 is 1.32 bits per heavy atom. The van der Waals surface area contributed by atoms with Crippen LogP contribution in [0.1, 0.15) is 0 Å². The van der Waals surface area contributed by atoms with Gasteiger partial charge in [0.25, 0.3) is 5.69 Å². The number of benzene rings is 2. The molecule has 22 heavy (non-hydrogen) atoms. The van der Waals surface area contributed by atoms with Crippen molar-refractivity contribution in [3.8, 4) is 16.9 Å². The van der Waals surface area contributed by atoms with E-state index in [0.29, 0.717) is 11.1 Å². The molecule has 0 aliphatic carbocycles. The van der Waals surface area contributed by atoms with E-state index >= 15 is 0 Å². The maximum atomic E-state index is 13.0. The highest BCUT2D eigenvalue weighted by Gasteiger charge is 2.21. The summed E-state index contributed by atoms with van der Waals surface area (Å²) in [5, 5.41) is 21.8. The van der Waals surface area contributed by atoms with E-state index in [9.17, 15) is 19.3 Å². The Kier molecular flexibility index (Phi) is 4.21. The van der Waals surface area contributed by atoms with Crippen molar-refractivity contribution in [3.63, 3.8) is 0 Å². The van der Waals surface area contributed by atoms with E-state index in [2.05, 4.69) is 0 Å². The molecule has 0 saturated heterocycles. The van der Waals surface area contributed by atoms with Crippen molar-refractivity contribution < 1.29 is 24.0 Å². The fourth-order valence-electron chi connectivity index (χ4n) is 1.96. The van der Waals surface area contributed by atoms with Crippen LogP contribution in [0.3, 0.4) is 0 Å². The van der Waals surface area contributed by atoms with Gasteiger partial charge in [0.15, 0.2) is 0 Å². The maximum absolute atomic E-state index is 13.0. The molecular weight excluding hydrogens is 295 g/mol. The van der Waals surface area contributed by atoms with Gasteiger partial charge in [-0.3, -0.25) is 15.4 Å². The summed E-state index contributed by atoms with van der Waals surface area (Å²) in [4.78, 5) is 21.1. The van der Waals surface area contributed by atoms with Crippen LogP contribution in [0, 0.1) is 15.9 Å². The van der Waals surface area contributed by atoms with Gasteiger partial charge in [-0.05, 0) is 17.7 Å². The second-order valence-corrected chi connectivity index (χ2v) is 4.26. The predicted octanol–water partition coefficient (Wildman–Crippen LogP) is 3.50. The molecule has 0 spiro atoms. The van der Waals surface area contributed by atoms with Crippen molar-refractivity contribution in [2.24, 2.45) is 0 Å². The number of methoxy groups -OCH3 is 1. The zero-order valence-corrected chi connectivity index (χ0v) is 11.4. The lowest BCUT2D eigenvalue weighted by Gasteiger charge is -2.11. The van der Waals surface area contributed by atoms with E-state index in [4.69, 9.17) is 9.84 Å². The molecule has 0 aromatic heterocycles. The Bertz CT molecular complexity index is 731. The van der Waals surface area contributed by atoms with Gasteiger partial charge in [0.1, 0.15) is 17.3 Å². The van der Waals surface area contributed by atoms with Gasteiger partial charge in [-0.2, -0.15) is 0 Å². The highest BCUT2D eigenvalue weighted by Crippen LogP contribution is 2.38. The predicted molar refractivity (Wildman–Crippen MR) is 76.7 cm³/mol. The maximum Gasteiger partial charge on any atom is 0.409 e. The minimum Gasteiger partial charge on any atom is -0.496 e. The van der Waals surface area contributed by atoms with Crippen LogP contribution in [-0.2, 0) is 0 Å². The number of nitro benzene ring substituents is 1. The molecule has 0 heterocycles. The fourth-order valence-corrected chi connectivity index (χ4v) is 1.96. The molecule has 0 fully saturated rings. The number of hydrogen-bond donors (Lipinski definition) is 2. The minimum atomic E-state index is -1.43. The van der Waals surface area contributed by atoms with Crippen molar-refractivity contribution in [2.75, 3.05) is 12.4 Å². The summed E-state index contributed by atoms with van der Waals surface area (Å²) in [6.07, 6.45) is -1.43. The van der Waals surface area contributed by atoms with E-state index < -0.39 is 22.5 Å². The summed E-state index contributed by atoms with van der Waals surface area (Å²) in [6, 6.07) is 7.71. The summed E-state index contributed by atoms with van der Waals surface area (Å²) in [7, 11) is 1.35. The fraction of sp³-hybridized carbons (Fsp3) is 0.0714. The van der Waals surface area contributed by atoms with Crippen LogP contribution in [0.4, 0.5) is 20.6 Å². The van der Waals surface area contributed by atoms with Crippen molar-refractivity contribution in [1.82, 2.24) is 0 Å². The standard InChI is InChI=1S/C14H11FN2O5/c1-22-13-7-11(16-14(18)19)12(17(20)21)6-10(13)8-2-4-9(15)5-3-8/h2-7,16H,1H3,(H,18,19). The van der Waals surface area contributed by atoms with Crippen LogP contribution in [-0.4, -0.2) is 23.2 Å². The molecule has 0 saturated carbocycles. The Morgan fingerprint density at radius 2 is 1.95 bits per heavy atom. The van der Waals surface area contributed by atoms with Crippen LogP contribution < -0.4 is 10.1 Å². The molecule has 8 heteroatoms. The lowest BCUT2D eigenvalue weighted by atomic mass is 10.0. The lowest BCUT2D eigenvalue weighted by Crippen LogP contribution is -2.09. The molecule has 2 rings (SSSR count). The molecule has 0 aliphatic rings. The number of nitro groups is 1. The van der Waals surface area contributed by atoms with E-state index in [1.807, 2.05) is 5.32 Å². The summed E-state index contributed by atoms with van der Waals surface area (Å²) in [6.45, 7) is 0. The first-order valence-electron chi connectivity index (χ1n) is 6.04. The first-order valence-corrected chi connectivity index (χ1v) is 6.04. The zero-order chi connectivity index (χ0) is 16.3. The number of nitrogens with one attached hydrogen (secondary N) is 1. The molecule has 0 atom stereocenters. The van der Waals surface area contributed by atoms with Gasteiger partial charge in [-0.15, -0.1) is 0 Å². The molecule has 2 N–H and O–H groups in total. The third kappa shape index (κ3) is 3.11. The van der Waals surface area contributed by atoms with Crippen LogP contribution in [0.15, 0.2) is 36.4 Å². The number of nitrogens with zero attached hydrogens (tertiary/aromatic N) is 1. The van der Waals surface area contributed by atoms with Gasteiger partial charge >= 0.3 is 6.09 Å². The number of amides is 1. The topological polar surface area (TPSA) is 102 Å². The Hall–Kier alpha value is -3.16. The van der Waals surface area contributed by atoms with Gasteiger partial charge < -0.3 is 9.84 Å². The first-order chi connectivity index (χ1) is 10.4. The molecule has 0 bridgehead atoms. The highest BCUT2D eigenvalue weighted by molar-refractivity contribution is 5.89. The smallest absolute Gasteiger partial charge is 0.409 e. The Balaban J connectivity index is 2.63. The van der Waals surface area contributed by atoms with Crippen molar-refractivity contribution in [3.05, 3.63) is 52.3 Å². The van der Waals surface area contributed by atoms with E-state index in [1.54, 1.807) is 0 Å². The monoisotopic (exact) mass is 306 g/mol. The van der Waals surface area contributed by atoms with Gasteiger partial charge in [-0.1, -0.05) is 12.1 Å². The highest BCUT2D eigenvalue weighted by atomic mass is 19.1. The molecule has 0 aliphatic heterocycles. The molecule has 1 amide bonds. The molecule has 2 aromatic carbocycles. The summed E-state index contributed by atoms with van der Waals surface area (Å²) in [5.41, 5.74) is 0.219. The van der Waals surface area contributed by atoms with Gasteiger partial charge in [0.2, 0.25) is 0 Å². The quantitative estimate of drug-likeness (QED) is 0.665. The zero-order valence-electron chi connectivity index (χ0n) is 11.4. The summed E-state index contributed by atoms with van der Waals surface area (Å²) < 4.78 is 18.1. The van der Waals surface area contributed by atoms with Gasteiger partial charge in [0.05, 0.1) is 12.0 Å². The minimum absolute atomic E-state index is 0.208. The molecular formula is C14H11FN2O5. The summed E-state index contributed by atoms with van der Waals surface area (Å²) >= 11 is 0. The lowest BCUT2D eigenvalue weighted by molar-refractivity contribution is -0.383. The Labute approximate surface area is 124 Å². The second kappa shape index (κ2) is 6.08. The molecule has 2 aromatic rings. The second-order valence-electron chi connectivity index (χ2n) is 4.26. The number of halogens is 1. The van der Waals surface area contributed by atoms with Crippen LogP contribution in [0.2, 0.25) is 0 Å². The first kappa shape index (κ1) is 15.2. The van der Waals surface area contributed by atoms with E-state index in [-0.39, 0.29) is 11.4 Å². The number of anilines is 1. The van der Waals surface area contributed by atoms with Crippen molar-refractivity contribution in [2.45, 2.75) is 0 Å². The molecule has 7 nitrogen and oxygen atoms in total. The SMILES string of the molecule is COc1cc(NC(=O)O)c([N+](=O)[O-])cc1-c1ccc(F)cc1. The Morgan fingerprint density at radius 3 is 2.45 bits per heavy atom. The van der Waals surface area contributed by atoms with Crippen LogP contribution >= 0.6 is 0 Å². The summed E-state index contributed by atoms with van der Waals surface area (Å²) in [5.74, 6) is -0.220. The van der Waals surface area contributed by atoms with Gasteiger partial charge in [-0.25, -0.2) is 9.18 Å². The number of ether oxygens (including phenoxy) is 1. The van der Waals surface area contributed by atoms with Crippen LogP contribution in [0.5, 0.6) is 5.75 Å².